The molecule has 0 spiro atoms. The lowest BCUT2D eigenvalue weighted by molar-refractivity contribution is -0.111. The molecule has 0 fully saturated rings. The molecule has 1 aromatic carbocycles. The van der Waals surface area contributed by atoms with Crippen molar-refractivity contribution in [3.8, 4) is 0 Å². The fourth-order valence-corrected chi connectivity index (χ4v) is 1.42. The molecule has 0 heterocycles. The second-order valence-corrected chi connectivity index (χ2v) is 3.91. The number of rotatable bonds is 4. The average Bonchev–Trinajstić information content (AvgIpc) is 2.17. The van der Waals surface area contributed by atoms with Crippen molar-refractivity contribution in [1.29, 1.82) is 0 Å². The van der Waals surface area contributed by atoms with Crippen LogP contribution >= 0.6 is 0 Å². The number of nitrogens with two attached hydrogens (primary N) is 1. The van der Waals surface area contributed by atoms with Crippen molar-refractivity contribution in [3.05, 3.63) is 42.0 Å². The zero-order valence-electron chi connectivity index (χ0n) is 9.29. The Kier molecular flexibility index (Phi) is 3.81. The maximum atomic E-state index is 11.1. The van der Waals surface area contributed by atoms with Crippen molar-refractivity contribution in [2.24, 2.45) is 5.73 Å². The number of ketones is 1. The van der Waals surface area contributed by atoms with E-state index in [1.54, 1.807) is 0 Å². The minimum absolute atomic E-state index is 0.00921. The Bertz CT molecular complexity index is 363. The maximum absolute atomic E-state index is 11.1. The quantitative estimate of drug-likeness (QED) is 0.762. The predicted octanol–water partition coefficient (Wildman–Crippen LogP) is 2.18. The number of benzene rings is 1. The third-order valence-electron chi connectivity index (χ3n) is 2.29. The van der Waals surface area contributed by atoms with E-state index in [2.05, 4.69) is 6.58 Å². The lowest BCUT2D eigenvalue weighted by Crippen LogP contribution is -2.17. The fourth-order valence-electron chi connectivity index (χ4n) is 1.42. The molecule has 0 bridgehead atoms. The number of carbonyl (C=O) groups is 1. The minimum Gasteiger partial charge on any atom is -0.328 e. The Labute approximate surface area is 90.8 Å². The second-order valence-electron chi connectivity index (χ2n) is 3.91. The highest BCUT2D eigenvalue weighted by molar-refractivity contribution is 6.18. The molecule has 0 aliphatic heterocycles. The van der Waals surface area contributed by atoms with E-state index in [0.717, 1.165) is 12.0 Å². The molecule has 2 N–H and O–H groups in total. The van der Waals surface area contributed by atoms with E-state index in [0.29, 0.717) is 5.57 Å². The number of hydrogen-bond donors (Lipinski definition) is 1. The van der Waals surface area contributed by atoms with Crippen LogP contribution in [-0.2, 0) is 11.2 Å². The van der Waals surface area contributed by atoms with Gasteiger partial charge in [0.15, 0.2) is 5.78 Å². The molecule has 2 nitrogen and oxygen atoms in total. The van der Waals surface area contributed by atoms with Crippen molar-refractivity contribution in [2.45, 2.75) is 26.3 Å². The van der Waals surface area contributed by atoms with Crippen molar-refractivity contribution >= 4 is 11.4 Å². The molecule has 0 radical (unpaired) electrons. The van der Waals surface area contributed by atoms with Gasteiger partial charge >= 0.3 is 0 Å². The summed E-state index contributed by atoms with van der Waals surface area (Å²) in [6, 6.07) is 7.98. The van der Waals surface area contributed by atoms with E-state index in [4.69, 9.17) is 5.73 Å². The Morgan fingerprint density at radius 1 is 1.40 bits per heavy atom. The number of Topliss-reactive ketones (excluding diaryl/α,β-unsaturated/α-hetero) is 1. The molecule has 2 heteroatoms. The summed E-state index contributed by atoms with van der Waals surface area (Å²) in [5.41, 5.74) is 8.33. The highest BCUT2D eigenvalue weighted by Gasteiger charge is 2.04. The number of carbonyl (C=O) groups excluding carboxylic acids is 1. The first-order chi connectivity index (χ1) is 7.00. The molecule has 0 aliphatic rings. The first kappa shape index (κ1) is 11.7. The summed E-state index contributed by atoms with van der Waals surface area (Å²) in [5.74, 6) is 0.00921. The first-order valence-corrected chi connectivity index (χ1v) is 5.05. The van der Waals surface area contributed by atoms with E-state index in [1.807, 2.05) is 31.2 Å². The summed E-state index contributed by atoms with van der Waals surface area (Å²) in [5, 5.41) is 0. The van der Waals surface area contributed by atoms with Gasteiger partial charge in [-0.3, -0.25) is 4.79 Å². The number of hydrogen-bond acceptors (Lipinski definition) is 2. The van der Waals surface area contributed by atoms with Gasteiger partial charge in [0.05, 0.1) is 0 Å². The molecular formula is C13H17NO. The molecule has 0 aromatic heterocycles. The normalized spacial score (nSPS) is 12.2. The zero-order chi connectivity index (χ0) is 11.4. The first-order valence-electron chi connectivity index (χ1n) is 5.05. The topological polar surface area (TPSA) is 43.1 Å². The summed E-state index contributed by atoms with van der Waals surface area (Å²) in [6.45, 7) is 7.24. The summed E-state index contributed by atoms with van der Waals surface area (Å²) < 4.78 is 0. The van der Waals surface area contributed by atoms with Crippen LogP contribution in [0.2, 0.25) is 0 Å². The van der Waals surface area contributed by atoms with E-state index in [1.165, 1.54) is 12.5 Å². The third kappa shape index (κ3) is 3.33. The van der Waals surface area contributed by atoms with Gasteiger partial charge in [0.2, 0.25) is 0 Å². The van der Waals surface area contributed by atoms with Gasteiger partial charge in [0.1, 0.15) is 0 Å². The third-order valence-corrected chi connectivity index (χ3v) is 2.29. The summed E-state index contributed by atoms with van der Waals surface area (Å²) in [7, 11) is 0. The Morgan fingerprint density at radius 2 is 1.93 bits per heavy atom. The van der Waals surface area contributed by atoms with Crippen molar-refractivity contribution in [2.75, 3.05) is 0 Å². The second kappa shape index (κ2) is 4.89. The molecule has 1 rings (SSSR count). The van der Waals surface area contributed by atoms with Gasteiger partial charge in [-0.1, -0.05) is 30.8 Å². The van der Waals surface area contributed by atoms with Crippen LogP contribution in [0.1, 0.15) is 25.0 Å². The van der Waals surface area contributed by atoms with Crippen LogP contribution < -0.4 is 5.73 Å². The van der Waals surface area contributed by atoms with Crippen LogP contribution in [0.15, 0.2) is 30.8 Å². The van der Waals surface area contributed by atoms with Gasteiger partial charge in [-0.2, -0.15) is 0 Å². The lowest BCUT2D eigenvalue weighted by Gasteiger charge is -2.06. The van der Waals surface area contributed by atoms with Gasteiger partial charge in [-0.05, 0) is 31.4 Å². The van der Waals surface area contributed by atoms with Gasteiger partial charge in [0, 0.05) is 11.6 Å². The molecule has 80 valence electrons. The summed E-state index contributed by atoms with van der Waals surface area (Å²) in [6.07, 6.45) is 0.854. The zero-order valence-corrected chi connectivity index (χ0v) is 9.29. The van der Waals surface area contributed by atoms with Gasteiger partial charge in [-0.25, -0.2) is 0 Å². The summed E-state index contributed by atoms with van der Waals surface area (Å²) >= 11 is 0. The maximum Gasteiger partial charge on any atom is 0.159 e. The van der Waals surface area contributed by atoms with Crippen LogP contribution in [0.3, 0.4) is 0 Å². The van der Waals surface area contributed by atoms with Gasteiger partial charge < -0.3 is 5.73 Å². The Balaban J connectivity index is 2.81. The van der Waals surface area contributed by atoms with Crippen LogP contribution in [0.5, 0.6) is 0 Å². The molecule has 0 aliphatic carbocycles. The SMILES string of the molecule is C=C(C(C)=O)c1ccc(CC(C)N)cc1. The number of allylic oxidation sites excluding steroid dienone is 1. The molecule has 1 aromatic rings. The monoisotopic (exact) mass is 203 g/mol. The minimum atomic E-state index is 0.00921. The predicted molar refractivity (Wildman–Crippen MR) is 63.5 cm³/mol. The van der Waals surface area contributed by atoms with E-state index in [9.17, 15) is 4.79 Å². The smallest absolute Gasteiger partial charge is 0.159 e. The summed E-state index contributed by atoms with van der Waals surface area (Å²) in [4.78, 5) is 11.1. The van der Waals surface area contributed by atoms with Crippen molar-refractivity contribution in [1.82, 2.24) is 0 Å². The van der Waals surface area contributed by atoms with Gasteiger partial charge in [-0.15, -0.1) is 0 Å². The van der Waals surface area contributed by atoms with E-state index >= 15 is 0 Å². The molecule has 1 atom stereocenters. The van der Waals surface area contributed by atoms with E-state index in [-0.39, 0.29) is 11.8 Å². The van der Waals surface area contributed by atoms with Crippen LogP contribution in [-0.4, -0.2) is 11.8 Å². The Morgan fingerprint density at radius 3 is 2.33 bits per heavy atom. The Hall–Kier alpha value is -1.41. The molecule has 0 amide bonds. The van der Waals surface area contributed by atoms with Crippen LogP contribution in [0, 0.1) is 0 Å². The van der Waals surface area contributed by atoms with Crippen molar-refractivity contribution < 1.29 is 4.79 Å². The standard InChI is InChI=1S/C13H17NO/c1-9(14)8-12-4-6-13(7-5-12)10(2)11(3)15/h4-7,9H,2,8,14H2,1,3H3. The van der Waals surface area contributed by atoms with Gasteiger partial charge in [0.25, 0.3) is 0 Å². The fraction of sp³-hybridized carbons (Fsp3) is 0.308. The molecule has 1 unspecified atom stereocenters. The molecule has 0 saturated carbocycles. The van der Waals surface area contributed by atoms with Crippen LogP contribution in [0.4, 0.5) is 0 Å². The molecule has 0 saturated heterocycles. The highest BCUT2D eigenvalue weighted by atomic mass is 16.1. The molecule has 15 heavy (non-hydrogen) atoms. The van der Waals surface area contributed by atoms with Crippen LogP contribution in [0.25, 0.3) is 5.57 Å². The average molecular weight is 203 g/mol. The largest absolute Gasteiger partial charge is 0.328 e. The van der Waals surface area contributed by atoms with Crippen molar-refractivity contribution in [3.63, 3.8) is 0 Å². The van der Waals surface area contributed by atoms with E-state index < -0.39 is 0 Å². The lowest BCUT2D eigenvalue weighted by atomic mass is 10.0. The molecular weight excluding hydrogens is 186 g/mol. The highest BCUT2D eigenvalue weighted by Crippen LogP contribution is 2.14.